The van der Waals surface area contributed by atoms with Gasteiger partial charge in [0.2, 0.25) is 0 Å². The van der Waals surface area contributed by atoms with Gasteiger partial charge in [-0.2, -0.15) is 0 Å². The van der Waals surface area contributed by atoms with Crippen LogP contribution in [-0.2, 0) is 14.5 Å². The van der Waals surface area contributed by atoms with Gasteiger partial charge in [0.15, 0.2) is 12.6 Å². The summed E-state index contributed by atoms with van der Waals surface area (Å²) in [5.74, 6) is 0.692. The fraction of sp³-hybridized carbons (Fsp3) is 1.00. The third-order valence-electron chi connectivity index (χ3n) is 1.60. The molecule has 0 aliphatic carbocycles. The Balaban J connectivity index is 2.35. The molecule has 1 rings (SSSR count). The summed E-state index contributed by atoms with van der Waals surface area (Å²) in [6.45, 7) is 8.15. The molecule has 0 amide bonds. The quantitative estimate of drug-likeness (QED) is 0.578. The smallest absolute Gasteiger partial charge is 0.196 e. The van der Waals surface area contributed by atoms with Crippen molar-refractivity contribution in [2.45, 2.75) is 40.3 Å². The number of rotatable bonds is 2. The second kappa shape index (κ2) is 3.52. The van der Waals surface area contributed by atoms with Crippen LogP contribution >= 0.6 is 0 Å². The lowest BCUT2D eigenvalue weighted by Crippen LogP contribution is -2.20. The first-order chi connectivity index (χ1) is 5.11. The van der Waals surface area contributed by atoms with Crippen LogP contribution < -0.4 is 0 Å². The van der Waals surface area contributed by atoms with Crippen LogP contribution in [0.1, 0.15) is 27.7 Å². The molecule has 0 radical (unpaired) electrons. The summed E-state index contributed by atoms with van der Waals surface area (Å²) in [6.07, 6.45) is -0.384. The van der Waals surface area contributed by atoms with Gasteiger partial charge in [0.1, 0.15) is 0 Å². The molecular weight excluding hydrogens is 144 g/mol. The van der Waals surface area contributed by atoms with Gasteiger partial charge in [-0.15, -0.1) is 0 Å². The summed E-state index contributed by atoms with van der Waals surface area (Å²) in [7, 11) is 0. The lowest BCUT2D eigenvalue weighted by atomic mass is 10.2. The Kier molecular flexibility index (Phi) is 2.87. The van der Waals surface area contributed by atoms with E-state index in [4.69, 9.17) is 14.5 Å². The van der Waals surface area contributed by atoms with Gasteiger partial charge < -0.3 is 4.74 Å². The molecule has 3 nitrogen and oxygen atoms in total. The minimum absolute atomic E-state index is 0.192. The maximum Gasteiger partial charge on any atom is 0.196 e. The van der Waals surface area contributed by atoms with Crippen molar-refractivity contribution < 1.29 is 14.5 Å². The Morgan fingerprint density at radius 1 is 0.818 bits per heavy atom. The van der Waals surface area contributed by atoms with Crippen molar-refractivity contribution in [1.82, 2.24) is 0 Å². The Morgan fingerprint density at radius 3 is 1.36 bits per heavy atom. The van der Waals surface area contributed by atoms with Gasteiger partial charge in [-0.3, -0.25) is 0 Å². The molecule has 66 valence electrons. The van der Waals surface area contributed by atoms with Crippen molar-refractivity contribution in [2.24, 2.45) is 11.8 Å². The largest absolute Gasteiger partial charge is 0.317 e. The molecule has 3 heteroatoms. The highest BCUT2D eigenvalue weighted by Crippen LogP contribution is 2.23. The van der Waals surface area contributed by atoms with Crippen LogP contribution in [0.2, 0.25) is 0 Å². The van der Waals surface area contributed by atoms with E-state index in [-0.39, 0.29) is 12.6 Å². The van der Waals surface area contributed by atoms with Crippen LogP contribution in [0.4, 0.5) is 0 Å². The first-order valence-corrected chi connectivity index (χ1v) is 4.09. The van der Waals surface area contributed by atoms with Gasteiger partial charge in [0.05, 0.1) is 0 Å². The topological polar surface area (TPSA) is 27.7 Å². The molecule has 11 heavy (non-hydrogen) atoms. The molecule has 0 saturated carbocycles. The molecule has 0 aromatic carbocycles. The lowest BCUT2D eigenvalue weighted by molar-refractivity contribution is -0.307. The van der Waals surface area contributed by atoms with E-state index in [2.05, 4.69) is 0 Å². The number of ether oxygens (including phenoxy) is 1. The molecule has 2 atom stereocenters. The van der Waals surface area contributed by atoms with Gasteiger partial charge in [-0.05, 0) is 0 Å². The fourth-order valence-electron chi connectivity index (χ4n) is 0.824. The highest BCUT2D eigenvalue weighted by Gasteiger charge is 2.31. The van der Waals surface area contributed by atoms with E-state index < -0.39 is 0 Å². The summed E-state index contributed by atoms with van der Waals surface area (Å²) in [6, 6.07) is 0. The molecule has 0 N–H and O–H groups in total. The predicted molar refractivity (Wildman–Crippen MR) is 40.5 cm³/mol. The first-order valence-electron chi connectivity index (χ1n) is 4.09. The normalized spacial score (nSPS) is 32.2. The van der Waals surface area contributed by atoms with Crippen molar-refractivity contribution in [2.75, 3.05) is 0 Å². The van der Waals surface area contributed by atoms with Gasteiger partial charge >= 0.3 is 0 Å². The average molecular weight is 160 g/mol. The number of hydrogen-bond donors (Lipinski definition) is 0. The summed E-state index contributed by atoms with van der Waals surface area (Å²) >= 11 is 0. The van der Waals surface area contributed by atoms with Crippen molar-refractivity contribution >= 4 is 0 Å². The third kappa shape index (κ3) is 2.15. The van der Waals surface area contributed by atoms with E-state index in [0.29, 0.717) is 11.8 Å². The molecule has 0 spiro atoms. The molecule has 1 aliphatic heterocycles. The Labute approximate surface area is 67.6 Å². The van der Waals surface area contributed by atoms with Crippen LogP contribution in [0.3, 0.4) is 0 Å². The van der Waals surface area contributed by atoms with Crippen LogP contribution in [-0.4, -0.2) is 12.6 Å². The summed E-state index contributed by atoms with van der Waals surface area (Å²) in [5, 5.41) is 0. The maximum atomic E-state index is 5.44. The molecule has 1 aliphatic rings. The van der Waals surface area contributed by atoms with Crippen LogP contribution in [0, 0.1) is 11.8 Å². The zero-order chi connectivity index (χ0) is 8.43. The summed E-state index contributed by atoms with van der Waals surface area (Å²) < 4.78 is 5.44. The SMILES string of the molecule is CC(C)[C@H]1OO[C@H](C(C)C)O1. The van der Waals surface area contributed by atoms with E-state index in [1.54, 1.807) is 0 Å². The second-order valence-corrected chi connectivity index (χ2v) is 3.55. The monoisotopic (exact) mass is 160 g/mol. The molecule has 0 bridgehead atoms. The van der Waals surface area contributed by atoms with Crippen molar-refractivity contribution in [1.29, 1.82) is 0 Å². The van der Waals surface area contributed by atoms with Crippen LogP contribution in [0.25, 0.3) is 0 Å². The molecule has 1 heterocycles. The van der Waals surface area contributed by atoms with Gasteiger partial charge in [-0.1, -0.05) is 27.7 Å². The summed E-state index contributed by atoms with van der Waals surface area (Å²) in [5.41, 5.74) is 0. The molecule has 1 fully saturated rings. The molecule has 0 aromatic rings. The zero-order valence-electron chi connectivity index (χ0n) is 7.53. The van der Waals surface area contributed by atoms with Gasteiger partial charge in [0.25, 0.3) is 0 Å². The highest BCUT2D eigenvalue weighted by molar-refractivity contribution is 4.57. The van der Waals surface area contributed by atoms with Crippen LogP contribution in [0.15, 0.2) is 0 Å². The first kappa shape index (κ1) is 8.97. The standard InChI is InChI=1S/C8H16O3/c1-5(2)7-9-8(6(3)4)11-10-7/h5-8H,1-4H3/t7-,8-/m1/s1. The summed E-state index contributed by atoms with van der Waals surface area (Å²) in [4.78, 5) is 9.93. The van der Waals surface area contributed by atoms with Crippen LogP contribution in [0.5, 0.6) is 0 Å². The molecule has 0 aromatic heterocycles. The van der Waals surface area contributed by atoms with E-state index in [1.165, 1.54) is 0 Å². The Hall–Kier alpha value is -0.120. The minimum Gasteiger partial charge on any atom is -0.317 e. The van der Waals surface area contributed by atoms with E-state index in [0.717, 1.165) is 0 Å². The molecular formula is C8H16O3. The highest BCUT2D eigenvalue weighted by atomic mass is 17.3. The Bertz CT molecular complexity index is 109. The maximum absolute atomic E-state index is 5.44. The van der Waals surface area contributed by atoms with Gasteiger partial charge in [0, 0.05) is 11.8 Å². The van der Waals surface area contributed by atoms with Crippen molar-refractivity contribution in [3.05, 3.63) is 0 Å². The molecule has 1 saturated heterocycles. The molecule has 0 unspecified atom stereocenters. The minimum atomic E-state index is -0.192. The predicted octanol–water partition coefficient (Wildman–Crippen LogP) is 1.93. The Morgan fingerprint density at radius 2 is 1.18 bits per heavy atom. The lowest BCUT2D eigenvalue weighted by Gasteiger charge is -2.12. The second-order valence-electron chi connectivity index (χ2n) is 3.55. The van der Waals surface area contributed by atoms with E-state index in [1.807, 2.05) is 27.7 Å². The van der Waals surface area contributed by atoms with E-state index >= 15 is 0 Å². The van der Waals surface area contributed by atoms with Crippen molar-refractivity contribution in [3.8, 4) is 0 Å². The van der Waals surface area contributed by atoms with E-state index in [9.17, 15) is 0 Å². The third-order valence-corrected chi connectivity index (χ3v) is 1.60. The zero-order valence-corrected chi connectivity index (χ0v) is 7.53. The fourth-order valence-corrected chi connectivity index (χ4v) is 0.824. The average Bonchev–Trinajstić information content (AvgIpc) is 2.33. The number of hydrogen-bond acceptors (Lipinski definition) is 3. The van der Waals surface area contributed by atoms with Gasteiger partial charge in [-0.25, -0.2) is 9.78 Å². The van der Waals surface area contributed by atoms with Crippen molar-refractivity contribution in [3.63, 3.8) is 0 Å².